The summed E-state index contributed by atoms with van der Waals surface area (Å²) in [6.45, 7) is 0. The zero-order valence-electron chi connectivity index (χ0n) is 8.16. The number of aliphatic imine (C=N–C) groups is 1. The average molecular weight is 412 g/mol. The Balaban J connectivity index is 3.23. The SMILES string of the molecule is CSC(=Nc1c(Br)ccc(I)c1O)NC#N. The van der Waals surface area contributed by atoms with E-state index in [2.05, 4.69) is 26.2 Å². The predicted molar refractivity (Wildman–Crippen MR) is 77.9 cm³/mol. The summed E-state index contributed by atoms with van der Waals surface area (Å²) < 4.78 is 1.38. The number of phenolic OH excluding ortho intramolecular Hbond substituents is 1. The number of halogens is 2. The summed E-state index contributed by atoms with van der Waals surface area (Å²) in [6, 6.07) is 3.57. The normalized spacial score (nSPS) is 11.0. The number of amidine groups is 1. The van der Waals surface area contributed by atoms with E-state index in [9.17, 15) is 5.11 Å². The van der Waals surface area contributed by atoms with Crippen LogP contribution in [0.1, 0.15) is 0 Å². The maximum absolute atomic E-state index is 9.83. The van der Waals surface area contributed by atoms with Gasteiger partial charge in [-0.05, 0) is 56.9 Å². The van der Waals surface area contributed by atoms with Crippen molar-refractivity contribution in [3.05, 3.63) is 20.2 Å². The van der Waals surface area contributed by atoms with Crippen LogP contribution in [-0.4, -0.2) is 16.5 Å². The molecule has 0 spiro atoms. The lowest BCUT2D eigenvalue weighted by atomic mass is 10.3. The molecule has 16 heavy (non-hydrogen) atoms. The van der Waals surface area contributed by atoms with Gasteiger partial charge in [0.15, 0.2) is 17.1 Å². The molecular formula is C9H7BrIN3OS. The Hall–Kier alpha value is -0.460. The van der Waals surface area contributed by atoms with Gasteiger partial charge in [-0.15, -0.1) is 0 Å². The molecule has 0 amide bonds. The summed E-state index contributed by atoms with van der Waals surface area (Å²) in [5.41, 5.74) is 0.416. The molecule has 1 aromatic rings. The van der Waals surface area contributed by atoms with Gasteiger partial charge in [0.1, 0.15) is 5.69 Å². The van der Waals surface area contributed by atoms with Crippen LogP contribution in [0.5, 0.6) is 5.75 Å². The molecule has 0 atom stereocenters. The molecule has 0 heterocycles. The molecule has 84 valence electrons. The van der Waals surface area contributed by atoms with Crippen molar-refractivity contribution < 1.29 is 5.11 Å². The molecule has 0 unspecified atom stereocenters. The monoisotopic (exact) mass is 411 g/mol. The molecule has 0 aliphatic rings. The number of hydrogen-bond donors (Lipinski definition) is 2. The maximum atomic E-state index is 9.83. The van der Waals surface area contributed by atoms with Crippen LogP contribution in [0.4, 0.5) is 5.69 Å². The third kappa shape index (κ3) is 3.26. The van der Waals surface area contributed by atoms with Gasteiger partial charge in [-0.3, -0.25) is 5.32 Å². The fraction of sp³-hybridized carbons (Fsp3) is 0.111. The first-order valence-electron chi connectivity index (χ1n) is 4.05. The van der Waals surface area contributed by atoms with E-state index in [4.69, 9.17) is 5.26 Å². The van der Waals surface area contributed by atoms with Crippen LogP contribution in [0.15, 0.2) is 21.6 Å². The Morgan fingerprint density at radius 3 is 2.94 bits per heavy atom. The van der Waals surface area contributed by atoms with E-state index < -0.39 is 0 Å². The summed E-state index contributed by atoms with van der Waals surface area (Å²) in [5, 5.41) is 21.2. The van der Waals surface area contributed by atoms with Crippen LogP contribution >= 0.6 is 50.3 Å². The van der Waals surface area contributed by atoms with Crippen molar-refractivity contribution in [2.75, 3.05) is 6.26 Å². The van der Waals surface area contributed by atoms with E-state index in [0.717, 1.165) is 0 Å². The predicted octanol–water partition coefficient (Wildman–Crippen LogP) is 3.18. The van der Waals surface area contributed by atoms with Gasteiger partial charge < -0.3 is 5.11 Å². The first-order chi connectivity index (χ1) is 7.60. The lowest BCUT2D eigenvalue weighted by Gasteiger charge is -2.05. The summed E-state index contributed by atoms with van der Waals surface area (Å²) in [7, 11) is 0. The smallest absolute Gasteiger partial charge is 0.183 e. The zero-order chi connectivity index (χ0) is 12.1. The van der Waals surface area contributed by atoms with Crippen molar-refractivity contribution in [2.24, 2.45) is 4.99 Å². The van der Waals surface area contributed by atoms with E-state index in [0.29, 0.717) is 18.9 Å². The van der Waals surface area contributed by atoms with Crippen molar-refractivity contribution in [1.82, 2.24) is 5.32 Å². The van der Waals surface area contributed by atoms with Crippen LogP contribution in [0, 0.1) is 15.0 Å². The highest BCUT2D eigenvalue weighted by molar-refractivity contribution is 14.1. The fourth-order valence-electron chi connectivity index (χ4n) is 0.911. The first-order valence-corrected chi connectivity index (χ1v) is 7.14. The summed E-state index contributed by atoms with van der Waals surface area (Å²) in [6.07, 6.45) is 3.59. The van der Waals surface area contributed by atoms with Crippen LogP contribution in [0.3, 0.4) is 0 Å². The Kier molecular flexibility index (Phi) is 5.37. The van der Waals surface area contributed by atoms with Crippen LogP contribution < -0.4 is 5.32 Å². The largest absolute Gasteiger partial charge is 0.505 e. The standard InChI is InChI=1S/C9H7BrIN3OS/c1-16-9(13-4-12)14-7-5(10)2-3-6(11)8(7)15/h2-3,15H,1H3,(H,13,14). The number of nitrogens with one attached hydrogen (secondary N) is 1. The topological polar surface area (TPSA) is 68.4 Å². The number of phenols is 1. The number of aromatic hydroxyl groups is 1. The molecule has 0 saturated carbocycles. The van der Waals surface area contributed by atoms with Gasteiger partial charge in [0.2, 0.25) is 0 Å². The van der Waals surface area contributed by atoms with Crippen LogP contribution in [-0.2, 0) is 0 Å². The number of thioether (sulfide) groups is 1. The lowest BCUT2D eigenvalue weighted by Crippen LogP contribution is -2.12. The molecule has 4 nitrogen and oxygen atoms in total. The Morgan fingerprint density at radius 1 is 1.69 bits per heavy atom. The minimum Gasteiger partial charge on any atom is -0.505 e. The molecule has 0 aromatic heterocycles. The van der Waals surface area contributed by atoms with Crippen molar-refractivity contribution in [3.63, 3.8) is 0 Å². The second kappa shape index (κ2) is 6.32. The molecule has 0 aliphatic carbocycles. The number of benzene rings is 1. The summed E-state index contributed by atoms with van der Waals surface area (Å²) >= 11 is 6.61. The van der Waals surface area contributed by atoms with E-state index >= 15 is 0 Å². The van der Waals surface area contributed by atoms with E-state index in [1.807, 2.05) is 22.6 Å². The summed E-state index contributed by atoms with van der Waals surface area (Å²) in [4.78, 5) is 4.17. The number of rotatable bonds is 1. The van der Waals surface area contributed by atoms with Crippen molar-refractivity contribution in [1.29, 1.82) is 5.26 Å². The third-order valence-corrected chi connectivity index (χ3v) is 3.71. The molecule has 7 heteroatoms. The highest BCUT2D eigenvalue weighted by Gasteiger charge is 2.10. The highest BCUT2D eigenvalue weighted by Crippen LogP contribution is 2.38. The minimum absolute atomic E-state index is 0.0984. The average Bonchev–Trinajstić information content (AvgIpc) is 2.28. The first kappa shape index (κ1) is 13.6. The number of nitriles is 1. The van der Waals surface area contributed by atoms with Crippen LogP contribution in [0.2, 0.25) is 0 Å². The Morgan fingerprint density at radius 2 is 2.38 bits per heavy atom. The van der Waals surface area contributed by atoms with Gasteiger partial charge in [0.25, 0.3) is 0 Å². The minimum atomic E-state index is 0.0984. The molecule has 1 aromatic carbocycles. The van der Waals surface area contributed by atoms with Gasteiger partial charge >= 0.3 is 0 Å². The third-order valence-electron chi connectivity index (χ3n) is 1.62. The zero-order valence-corrected chi connectivity index (χ0v) is 12.7. The Labute approximate surface area is 119 Å². The second-order valence-electron chi connectivity index (χ2n) is 2.58. The molecule has 1 rings (SSSR count). The second-order valence-corrected chi connectivity index (χ2v) is 5.40. The molecular weight excluding hydrogens is 405 g/mol. The quantitative estimate of drug-likeness (QED) is 0.245. The summed E-state index contributed by atoms with van der Waals surface area (Å²) in [5.74, 6) is 0.0984. The number of hydrogen-bond acceptors (Lipinski definition) is 4. The van der Waals surface area contributed by atoms with Crippen molar-refractivity contribution in [3.8, 4) is 11.9 Å². The van der Waals surface area contributed by atoms with Gasteiger partial charge in [0.05, 0.1) is 3.57 Å². The molecule has 2 N–H and O–H groups in total. The van der Waals surface area contributed by atoms with Crippen molar-refractivity contribution in [2.45, 2.75) is 0 Å². The van der Waals surface area contributed by atoms with Crippen molar-refractivity contribution >= 4 is 61.1 Å². The lowest BCUT2D eigenvalue weighted by molar-refractivity contribution is 0.473. The molecule has 0 radical (unpaired) electrons. The van der Waals surface area contributed by atoms with Gasteiger partial charge in [0, 0.05) is 4.47 Å². The van der Waals surface area contributed by atoms with E-state index in [1.54, 1.807) is 24.6 Å². The van der Waals surface area contributed by atoms with E-state index in [1.165, 1.54) is 11.8 Å². The molecule has 0 fully saturated rings. The molecule has 0 bridgehead atoms. The van der Waals surface area contributed by atoms with Crippen LogP contribution in [0.25, 0.3) is 0 Å². The van der Waals surface area contributed by atoms with E-state index in [-0.39, 0.29) is 5.75 Å². The Bertz CT molecular complexity index is 473. The number of nitrogens with zero attached hydrogens (tertiary/aromatic N) is 2. The molecule has 0 aliphatic heterocycles. The fourth-order valence-corrected chi connectivity index (χ4v) is 2.08. The van der Waals surface area contributed by atoms with Gasteiger partial charge in [-0.25, -0.2) is 4.99 Å². The maximum Gasteiger partial charge on any atom is 0.183 e. The highest BCUT2D eigenvalue weighted by atomic mass is 127. The van der Waals surface area contributed by atoms with Gasteiger partial charge in [-0.2, -0.15) is 5.26 Å². The molecule has 0 saturated heterocycles. The van der Waals surface area contributed by atoms with Gasteiger partial charge in [-0.1, -0.05) is 11.8 Å².